The zero-order chi connectivity index (χ0) is 19.9. The SMILES string of the molecule is O=C(NCCN1CCO[C@H](c2ccccc2)C1)C(=O)Nc1ccc(F)c(F)c1. The predicted octanol–water partition coefficient (Wildman–Crippen LogP) is 2.09. The molecule has 0 spiro atoms. The van der Waals surface area contributed by atoms with E-state index in [1.807, 2.05) is 30.3 Å². The standard InChI is InChI=1S/C20H21F2N3O3/c21-16-7-6-15(12-17(16)22)24-20(27)19(26)23-8-9-25-10-11-28-18(13-25)14-4-2-1-3-5-14/h1-7,12,18H,8-11,13H2,(H,23,26)(H,24,27)/t18-/m0/s1. The van der Waals surface area contributed by atoms with Gasteiger partial charge < -0.3 is 15.4 Å². The van der Waals surface area contributed by atoms with E-state index in [9.17, 15) is 18.4 Å². The minimum absolute atomic E-state index is 0.0120. The molecule has 0 bridgehead atoms. The number of hydrogen-bond donors (Lipinski definition) is 2. The van der Waals surface area contributed by atoms with Gasteiger partial charge in [0.05, 0.1) is 12.7 Å². The van der Waals surface area contributed by atoms with Crippen LogP contribution >= 0.6 is 0 Å². The number of amides is 2. The number of carbonyl (C=O) groups is 2. The Morgan fingerprint density at radius 3 is 2.61 bits per heavy atom. The molecule has 0 radical (unpaired) electrons. The van der Waals surface area contributed by atoms with Gasteiger partial charge in [-0.2, -0.15) is 0 Å². The average Bonchev–Trinajstić information content (AvgIpc) is 2.71. The number of benzene rings is 2. The van der Waals surface area contributed by atoms with E-state index >= 15 is 0 Å². The third kappa shape index (κ3) is 5.34. The van der Waals surface area contributed by atoms with Crippen molar-refractivity contribution in [2.45, 2.75) is 6.10 Å². The second-order valence-electron chi connectivity index (χ2n) is 6.41. The number of halogens is 2. The molecule has 1 aliphatic rings. The summed E-state index contributed by atoms with van der Waals surface area (Å²) in [6, 6.07) is 12.8. The van der Waals surface area contributed by atoms with Crippen LogP contribution in [0.4, 0.5) is 14.5 Å². The van der Waals surface area contributed by atoms with Crippen LogP contribution in [0.25, 0.3) is 0 Å². The molecule has 2 aromatic rings. The average molecular weight is 389 g/mol. The molecule has 2 aromatic carbocycles. The van der Waals surface area contributed by atoms with Gasteiger partial charge in [-0.25, -0.2) is 8.78 Å². The molecule has 1 fully saturated rings. The first-order valence-electron chi connectivity index (χ1n) is 8.96. The number of carbonyl (C=O) groups excluding carboxylic acids is 2. The van der Waals surface area contributed by atoms with Gasteiger partial charge in [-0.3, -0.25) is 14.5 Å². The van der Waals surface area contributed by atoms with Crippen LogP contribution in [0.1, 0.15) is 11.7 Å². The van der Waals surface area contributed by atoms with Crippen molar-refractivity contribution in [3.63, 3.8) is 0 Å². The molecular weight excluding hydrogens is 368 g/mol. The summed E-state index contributed by atoms with van der Waals surface area (Å²) in [5, 5.41) is 4.76. The van der Waals surface area contributed by atoms with E-state index in [-0.39, 0.29) is 18.3 Å². The van der Waals surface area contributed by atoms with Gasteiger partial charge in [0.25, 0.3) is 0 Å². The molecule has 0 aliphatic carbocycles. The summed E-state index contributed by atoms with van der Waals surface area (Å²) in [6.07, 6.45) is -0.0256. The van der Waals surface area contributed by atoms with Crippen LogP contribution in [0.3, 0.4) is 0 Å². The lowest BCUT2D eigenvalue weighted by atomic mass is 10.1. The van der Waals surface area contributed by atoms with Crippen molar-refractivity contribution >= 4 is 17.5 Å². The lowest BCUT2D eigenvalue weighted by molar-refractivity contribution is -0.136. The number of morpholine rings is 1. The van der Waals surface area contributed by atoms with E-state index < -0.39 is 23.4 Å². The Labute approximate surface area is 161 Å². The van der Waals surface area contributed by atoms with Gasteiger partial charge in [0.2, 0.25) is 0 Å². The molecule has 2 N–H and O–H groups in total. The maximum Gasteiger partial charge on any atom is 0.313 e. The second-order valence-corrected chi connectivity index (χ2v) is 6.41. The maximum atomic E-state index is 13.2. The quantitative estimate of drug-likeness (QED) is 0.769. The molecule has 1 atom stereocenters. The molecular formula is C20H21F2N3O3. The molecule has 0 aromatic heterocycles. The Morgan fingerprint density at radius 1 is 1.07 bits per heavy atom. The monoisotopic (exact) mass is 389 g/mol. The second kappa shape index (κ2) is 9.38. The molecule has 8 heteroatoms. The molecule has 1 aliphatic heterocycles. The van der Waals surface area contributed by atoms with Crippen molar-refractivity contribution < 1.29 is 23.1 Å². The summed E-state index contributed by atoms with van der Waals surface area (Å²) in [5.41, 5.74) is 1.11. The fourth-order valence-corrected chi connectivity index (χ4v) is 2.94. The number of nitrogens with one attached hydrogen (secondary N) is 2. The van der Waals surface area contributed by atoms with E-state index in [0.29, 0.717) is 19.7 Å². The van der Waals surface area contributed by atoms with Gasteiger partial charge >= 0.3 is 11.8 Å². The lowest BCUT2D eigenvalue weighted by Crippen LogP contribution is -2.44. The van der Waals surface area contributed by atoms with Gasteiger partial charge in [-0.1, -0.05) is 30.3 Å². The first-order valence-corrected chi connectivity index (χ1v) is 8.96. The minimum atomic E-state index is -1.10. The molecule has 0 saturated carbocycles. The molecule has 148 valence electrons. The highest BCUT2D eigenvalue weighted by atomic mass is 19.2. The molecule has 2 amide bonds. The van der Waals surface area contributed by atoms with Crippen LogP contribution in [0, 0.1) is 11.6 Å². The summed E-state index contributed by atoms with van der Waals surface area (Å²) in [6.45, 7) is 2.87. The van der Waals surface area contributed by atoms with Crippen molar-refractivity contribution in [2.75, 3.05) is 38.1 Å². The Hall–Kier alpha value is -2.84. The predicted molar refractivity (Wildman–Crippen MR) is 99.6 cm³/mol. The first kappa shape index (κ1) is 19.9. The molecule has 1 heterocycles. The number of nitrogens with zero attached hydrogens (tertiary/aromatic N) is 1. The van der Waals surface area contributed by atoms with Gasteiger partial charge in [0, 0.05) is 37.9 Å². The Bertz CT molecular complexity index is 833. The van der Waals surface area contributed by atoms with E-state index in [1.54, 1.807) is 0 Å². The summed E-state index contributed by atoms with van der Waals surface area (Å²) in [5.74, 6) is -3.90. The Kier molecular flexibility index (Phi) is 6.67. The van der Waals surface area contributed by atoms with Crippen molar-refractivity contribution in [1.29, 1.82) is 0 Å². The largest absolute Gasteiger partial charge is 0.371 e. The minimum Gasteiger partial charge on any atom is -0.371 e. The summed E-state index contributed by atoms with van der Waals surface area (Å²) < 4.78 is 31.8. The van der Waals surface area contributed by atoms with Crippen LogP contribution in [0.15, 0.2) is 48.5 Å². The van der Waals surface area contributed by atoms with Crippen LogP contribution in [-0.2, 0) is 14.3 Å². The van der Waals surface area contributed by atoms with Gasteiger partial charge in [-0.05, 0) is 17.7 Å². The number of ether oxygens (including phenoxy) is 1. The molecule has 6 nitrogen and oxygen atoms in total. The van der Waals surface area contributed by atoms with Crippen LogP contribution in [0.2, 0.25) is 0 Å². The van der Waals surface area contributed by atoms with Gasteiger partial charge in [-0.15, -0.1) is 0 Å². The third-order valence-electron chi connectivity index (χ3n) is 4.42. The van der Waals surface area contributed by atoms with E-state index in [4.69, 9.17) is 4.74 Å². The highest BCUT2D eigenvalue weighted by molar-refractivity contribution is 6.39. The fraction of sp³-hybridized carbons (Fsp3) is 0.300. The zero-order valence-electron chi connectivity index (χ0n) is 15.2. The Morgan fingerprint density at radius 2 is 1.86 bits per heavy atom. The van der Waals surface area contributed by atoms with Gasteiger partial charge in [0.15, 0.2) is 11.6 Å². The maximum absolute atomic E-state index is 13.2. The Balaban J connectivity index is 1.43. The molecule has 1 saturated heterocycles. The third-order valence-corrected chi connectivity index (χ3v) is 4.42. The van der Waals surface area contributed by atoms with Crippen molar-refractivity contribution in [1.82, 2.24) is 10.2 Å². The van der Waals surface area contributed by atoms with Gasteiger partial charge in [0.1, 0.15) is 0 Å². The number of anilines is 1. The lowest BCUT2D eigenvalue weighted by Gasteiger charge is -2.33. The van der Waals surface area contributed by atoms with E-state index in [1.165, 1.54) is 6.07 Å². The molecule has 3 rings (SSSR count). The molecule has 28 heavy (non-hydrogen) atoms. The van der Waals surface area contributed by atoms with Crippen molar-refractivity contribution in [3.05, 3.63) is 65.7 Å². The van der Waals surface area contributed by atoms with E-state index in [0.717, 1.165) is 24.2 Å². The van der Waals surface area contributed by atoms with E-state index in [2.05, 4.69) is 15.5 Å². The normalized spacial score (nSPS) is 17.1. The number of rotatable bonds is 5. The topological polar surface area (TPSA) is 70.7 Å². The summed E-state index contributed by atoms with van der Waals surface area (Å²) in [7, 11) is 0. The number of hydrogen-bond acceptors (Lipinski definition) is 4. The summed E-state index contributed by atoms with van der Waals surface area (Å²) >= 11 is 0. The smallest absolute Gasteiger partial charge is 0.313 e. The van der Waals surface area contributed by atoms with Crippen LogP contribution in [0.5, 0.6) is 0 Å². The van der Waals surface area contributed by atoms with Crippen molar-refractivity contribution in [2.24, 2.45) is 0 Å². The zero-order valence-corrected chi connectivity index (χ0v) is 15.2. The fourth-order valence-electron chi connectivity index (χ4n) is 2.94. The van der Waals surface area contributed by atoms with Crippen LogP contribution in [-0.4, -0.2) is 49.5 Å². The molecule has 0 unspecified atom stereocenters. The first-order chi connectivity index (χ1) is 13.5. The highest BCUT2D eigenvalue weighted by Gasteiger charge is 2.22. The van der Waals surface area contributed by atoms with Crippen molar-refractivity contribution in [3.8, 4) is 0 Å². The highest BCUT2D eigenvalue weighted by Crippen LogP contribution is 2.21. The summed E-state index contributed by atoms with van der Waals surface area (Å²) in [4.78, 5) is 25.9. The van der Waals surface area contributed by atoms with Crippen LogP contribution < -0.4 is 10.6 Å².